The van der Waals surface area contributed by atoms with E-state index in [4.69, 9.17) is 0 Å². The summed E-state index contributed by atoms with van der Waals surface area (Å²) in [5.74, 6) is -0.320. The van der Waals surface area contributed by atoms with E-state index in [-0.39, 0.29) is 10.1 Å². The van der Waals surface area contributed by atoms with Gasteiger partial charge in [0.1, 0.15) is 4.21 Å². The second-order valence-corrected chi connectivity index (χ2v) is 19.2. The van der Waals surface area contributed by atoms with Crippen LogP contribution in [-0.4, -0.2) is 58.2 Å². The molecule has 3 N–H and O–H groups in total. The predicted octanol–water partition coefficient (Wildman–Crippen LogP) is 9.16. The zero-order chi connectivity index (χ0) is 39.1. The van der Waals surface area contributed by atoms with E-state index in [0.29, 0.717) is 22.0 Å². The molecule has 0 saturated heterocycles. The molecule has 0 aliphatic carbocycles. The fourth-order valence-electron chi connectivity index (χ4n) is 7.65. The molecule has 11 nitrogen and oxygen atoms in total. The molecule has 8 aromatic rings. The van der Waals surface area contributed by atoms with Crippen molar-refractivity contribution in [3.63, 3.8) is 0 Å². The number of nitrogens with one attached hydrogen (secondary N) is 3. The average molecular weight is 835 g/mol. The molecule has 0 atom stereocenters. The Morgan fingerprint density at radius 3 is 2.68 bits per heavy atom. The molecule has 9 rings (SSSR count). The van der Waals surface area contributed by atoms with E-state index < -0.39 is 10.0 Å². The smallest absolute Gasteiger partial charge is 0.277 e. The third-order valence-electron chi connectivity index (χ3n) is 10.4. The molecule has 0 radical (unpaired) electrons. The van der Waals surface area contributed by atoms with Crippen LogP contribution >= 0.6 is 34.0 Å². The lowest BCUT2D eigenvalue weighted by molar-refractivity contribution is 0.102. The number of carbonyl (C=O) groups excluding carboxylic acids is 1. The first-order valence-corrected chi connectivity index (χ1v) is 23.1. The highest BCUT2D eigenvalue weighted by Gasteiger charge is 2.21. The minimum atomic E-state index is -3.67. The number of sulfonamides is 1. The van der Waals surface area contributed by atoms with E-state index in [1.54, 1.807) is 47.0 Å². The van der Waals surface area contributed by atoms with Gasteiger partial charge in [-0.2, -0.15) is 5.10 Å². The van der Waals surface area contributed by atoms with Crippen molar-refractivity contribution in [2.75, 3.05) is 29.7 Å². The number of anilines is 2. The van der Waals surface area contributed by atoms with Gasteiger partial charge in [0.2, 0.25) is 0 Å². The van der Waals surface area contributed by atoms with E-state index in [2.05, 4.69) is 96.6 Å². The molecule has 0 fully saturated rings. The zero-order valence-corrected chi connectivity index (χ0v) is 34.9. The maximum Gasteiger partial charge on any atom is 0.277 e. The van der Waals surface area contributed by atoms with Crippen LogP contribution in [0.1, 0.15) is 47.1 Å². The molecule has 1 aliphatic heterocycles. The minimum Gasteiger partial charge on any atom is -0.341 e. The summed E-state index contributed by atoms with van der Waals surface area (Å²) >= 11 is 4.25. The van der Waals surface area contributed by atoms with E-state index in [1.807, 2.05) is 10.7 Å². The predicted molar refractivity (Wildman–Crippen MR) is 234 cm³/mol. The molecule has 0 unspecified atom stereocenters. The standard InChI is InChI=1S/C42H42N8O3S4/c1-3-49-36-13-8-28(20-33(36)32-11-9-29(21-37(32)49)38-19-27(2)26-55-38)24-43-14-5-15-48-16-6-17-50-31(25-48)23-35(46-50)41(51)45-42-44-34-12-10-30(22-39(34)56-42)47-57(52,53)40-7-4-18-54-40/h4,7-13,18-23,26,43,47H,3,5-6,14-17,24-25H2,1-2H3,(H,44,45,51). The van der Waals surface area contributed by atoms with Gasteiger partial charge in [-0.3, -0.25) is 24.4 Å². The van der Waals surface area contributed by atoms with Crippen molar-refractivity contribution in [1.29, 1.82) is 0 Å². The normalized spacial score (nSPS) is 13.7. The summed E-state index contributed by atoms with van der Waals surface area (Å²) in [4.78, 5) is 21.6. The van der Waals surface area contributed by atoms with Crippen molar-refractivity contribution in [2.24, 2.45) is 0 Å². The van der Waals surface area contributed by atoms with Gasteiger partial charge in [0, 0.05) is 59.4 Å². The molecule has 57 heavy (non-hydrogen) atoms. The number of aromatic nitrogens is 4. The van der Waals surface area contributed by atoms with Crippen LogP contribution in [0.5, 0.6) is 0 Å². The van der Waals surface area contributed by atoms with Crippen molar-refractivity contribution in [3.05, 3.63) is 112 Å². The fraction of sp³-hybridized carbons (Fsp3) is 0.262. The molecule has 0 bridgehead atoms. The van der Waals surface area contributed by atoms with Crippen LogP contribution in [-0.2, 0) is 36.2 Å². The number of aryl methyl sites for hydroxylation is 3. The van der Waals surface area contributed by atoms with E-state index in [0.717, 1.165) is 80.4 Å². The molecule has 5 aromatic heterocycles. The number of thiazole rings is 1. The van der Waals surface area contributed by atoms with Gasteiger partial charge in [-0.25, -0.2) is 13.4 Å². The molecule has 292 valence electrons. The molecular weight excluding hydrogens is 793 g/mol. The number of thiophene rings is 2. The number of rotatable bonds is 13. The first-order chi connectivity index (χ1) is 27.7. The van der Waals surface area contributed by atoms with Crippen molar-refractivity contribution in [3.8, 4) is 10.4 Å². The van der Waals surface area contributed by atoms with Gasteiger partial charge >= 0.3 is 0 Å². The number of carbonyl (C=O) groups is 1. The molecule has 6 heterocycles. The highest BCUT2D eigenvalue weighted by atomic mass is 32.2. The number of amides is 1. The summed E-state index contributed by atoms with van der Waals surface area (Å²) in [6, 6.07) is 26.3. The molecule has 0 saturated carbocycles. The van der Waals surface area contributed by atoms with Crippen LogP contribution in [0.2, 0.25) is 0 Å². The largest absolute Gasteiger partial charge is 0.341 e. The summed E-state index contributed by atoms with van der Waals surface area (Å²) in [7, 11) is -3.67. The number of benzene rings is 3. The summed E-state index contributed by atoms with van der Waals surface area (Å²) < 4.78 is 33.4. The Bertz CT molecular complexity index is 2850. The third-order valence-corrected chi connectivity index (χ3v) is 15.2. The van der Waals surface area contributed by atoms with E-state index in [1.165, 1.54) is 54.7 Å². The maximum atomic E-state index is 13.3. The topological polar surface area (TPSA) is 126 Å². The molecule has 0 spiro atoms. The summed E-state index contributed by atoms with van der Waals surface area (Å²) in [6.45, 7) is 10.4. The Kier molecular flexibility index (Phi) is 10.4. The lowest BCUT2D eigenvalue weighted by Gasteiger charge is -2.19. The molecule has 1 amide bonds. The van der Waals surface area contributed by atoms with Gasteiger partial charge in [-0.05, 0) is 122 Å². The first-order valence-electron chi connectivity index (χ1n) is 19.1. The lowest BCUT2D eigenvalue weighted by atomic mass is 10.1. The Morgan fingerprint density at radius 2 is 1.86 bits per heavy atom. The minimum absolute atomic E-state index is 0.245. The molecule has 15 heteroatoms. The molecular formula is C42H42N8O3S4. The third kappa shape index (κ3) is 7.87. The van der Waals surface area contributed by atoms with Crippen molar-refractivity contribution in [2.45, 2.75) is 57.1 Å². The number of hydrogen-bond acceptors (Lipinski definition) is 10. The highest BCUT2D eigenvalue weighted by Crippen LogP contribution is 2.35. The first kappa shape index (κ1) is 37.7. The van der Waals surface area contributed by atoms with Crippen LogP contribution in [0.15, 0.2) is 93.8 Å². The lowest BCUT2D eigenvalue weighted by Crippen LogP contribution is -2.27. The Hall–Kier alpha value is -4.90. The number of hydrogen-bond donors (Lipinski definition) is 3. The fourth-order valence-corrected chi connectivity index (χ4v) is 11.5. The van der Waals surface area contributed by atoms with Crippen LogP contribution in [0.4, 0.5) is 10.8 Å². The second kappa shape index (κ2) is 15.8. The molecule has 3 aromatic carbocycles. The Labute approximate surface area is 343 Å². The van der Waals surface area contributed by atoms with Crippen molar-refractivity contribution < 1.29 is 13.2 Å². The SMILES string of the molecule is CCn1c2ccc(CNCCCN3CCCn4nc(C(=O)Nc5nc6ccc(NS(=O)(=O)c7cccs7)cc6s5)cc4C3)cc2c2ccc(-c3cc(C)cs3)cc21. The summed E-state index contributed by atoms with van der Waals surface area (Å²) in [6.07, 6.45) is 1.97. The maximum absolute atomic E-state index is 13.3. The summed E-state index contributed by atoms with van der Waals surface area (Å²) in [5.41, 5.74) is 8.91. The van der Waals surface area contributed by atoms with E-state index >= 15 is 0 Å². The summed E-state index contributed by atoms with van der Waals surface area (Å²) in [5, 5.41) is 18.2. The van der Waals surface area contributed by atoms with Crippen LogP contribution in [0.25, 0.3) is 42.5 Å². The Balaban J connectivity index is 0.784. The van der Waals surface area contributed by atoms with Crippen LogP contribution in [0, 0.1) is 6.92 Å². The van der Waals surface area contributed by atoms with Crippen LogP contribution in [0.3, 0.4) is 0 Å². The van der Waals surface area contributed by atoms with Gasteiger partial charge in [0.05, 0.1) is 21.6 Å². The van der Waals surface area contributed by atoms with Crippen molar-refractivity contribution >= 4 is 92.8 Å². The van der Waals surface area contributed by atoms with Crippen LogP contribution < -0.4 is 15.4 Å². The number of nitrogens with zero attached hydrogens (tertiary/aromatic N) is 5. The second-order valence-electron chi connectivity index (χ2n) is 14.4. The average Bonchev–Trinajstić information content (AvgIpc) is 4.04. The zero-order valence-electron chi connectivity index (χ0n) is 31.6. The van der Waals surface area contributed by atoms with Crippen molar-refractivity contribution in [1.82, 2.24) is 29.5 Å². The van der Waals surface area contributed by atoms with Gasteiger partial charge in [-0.15, -0.1) is 22.7 Å². The number of fused-ring (bicyclic) bond motifs is 5. The monoisotopic (exact) mass is 834 g/mol. The quantitative estimate of drug-likeness (QED) is 0.0990. The highest BCUT2D eigenvalue weighted by molar-refractivity contribution is 7.94. The Morgan fingerprint density at radius 1 is 0.947 bits per heavy atom. The van der Waals surface area contributed by atoms with E-state index in [9.17, 15) is 13.2 Å². The van der Waals surface area contributed by atoms with Gasteiger partial charge in [0.15, 0.2) is 10.8 Å². The van der Waals surface area contributed by atoms with Gasteiger partial charge < -0.3 is 9.88 Å². The van der Waals surface area contributed by atoms with Gasteiger partial charge in [-0.1, -0.05) is 35.6 Å². The van der Waals surface area contributed by atoms with Gasteiger partial charge in [0.25, 0.3) is 15.9 Å². The molecule has 1 aliphatic rings.